The summed E-state index contributed by atoms with van der Waals surface area (Å²) in [6.07, 6.45) is 0.824. The fraction of sp³-hybridized carbons (Fsp3) is 0.350. The van der Waals surface area contributed by atoms with Crippen molar-refractivity contribution in [2.24, 2.45) is 0 Å². The summed E-state index contributed by atoms with van der Waals surface area (Å²) in [6.45, 7) is 5.41. The highest BCUT2D eigenvalue weighted by atomic mass is 35.5. The summed E-state index contributed by atoms with van der Waals surface area (Å²) in [5, 5.41) is 0.685. The summed E-state index contributed by atoms with van der Waals surface area (Å²) in [4.78, 5) is 18.3. The van der Waals surface area contributed by atoms with Crippen molar-refractivity contribution >= 4 is 35.0 Å². The largest absolute Gasteiger partial charge is 0.368 e. The molecule has 0 aliphatic carbocycles. The highest BCUT2D eigenvalue weighted by molar-refractivity contribution is 8.00. The van der Waals surface area contributed by atoms with Gasteiger partial charge in [0.25, 0.3) is 0 Å². The van der Waals surface area contributed by atoms with Gasteiger partial charge < -0.3 is 9.80 Å². The molecule has 1 amide bonds. The summed E-state index contributed by atoms with van der Waals surface area (Å²) in [5.41, 5.74) is 1.23. The Morgan fingerprint density at radius 1 is 1.04 bits per heavy atom. The van der Waals surface area contributed by atoms with Crippen LogP contribution in [-0.4, -0.2) is 42.2 Å². The lowest BCUT2D eigenvalue weighted by Gasteiger charge is -2.37. The predicted octanol–water partition coefficient (Wildman–Crippen LogP) is 4.56. The molecule has 1 heterocycles. The topological polar surface area (TPSA) is 23.6 Å². The smallest absolute Gasteiger partial charge is 0.236 e. The first-order chi connectivity index (χ1) is 12.2. The third-order valence-corrected chi connectivity index (χ3v) is 6.07. The molecule has 0 radical (unpaired) electrons. The first-order valence-electron chi connectivity index (χ1n) is 8.68. The number of carbonyl (C=O) groups excluding carboxylic acids is 1. The van der Waals surface area contributed by atoms with Crippen molar-refractivity contribution in [2.45, 2.75) is 23.5 Å². The van der Waals surface area contributed by atoms with Crippen LogP contribution in [0.3, 0.4) is 0 Å². The Bertz CT molecular complexity index is 685. The number of anilines is 1. The number of hydrogen-bond donors (Lipinski definition) is 0. The second-order valence-electron chi connectivity index (χ2n) is 6.12. The zero-order chi connectivity index (χ0) is 17.6. The van der Waals surface area contributed by atoms with Gasteiger partial charge >= 0.3 is 0 Å². The van der Waals surface area contributed by atoms with E-state index in [0.29, 0.717) is 0 Å². The number of para-hydroxylation sites is 1. The molecule has 25 heavy (non-hydrogen) atoms. The highest BCUT2D eigenvalue weighted by Crippen LogP contribution is 2.28. The number of carbonyl (C=O) groups is 1. The predicted molar refractivity (Wildman–Crippen MR) is 107 cm³/mol. The number of hydrogen-bond acceptors (Lipinski definition) is 3. The second kappa shape index (κ2) is 8.63. The molecule has 1 aliphatic rings. The maximum Gasteiger partial charge on any atom is 0.236 e. The van der Waals surface area contributed by atoms with Crippen molar-refractivity contribution < 1.29 is 4.79 Å². The van der Waals surface area contributed by atoms with Crippen molar-refractivity contribution in [1.29, 1.82) is 0 Å². The summed E-state index contributed by atoms with van der Waals surface area (Å²) in [5.74, 6) is 0.246. The second-order valence-corrected chi connectivity index (χ2v) is 7.83. The number of halogens is 1. The number of piperazine rings is 1. The molecule has 2 aromatic carbocycles. The van der Waals surface area contributed by atoms with Crippen LogP contribution in [0.1, 0.15) is 13.3 Å². The van der Waals surface area contributed by atoms with E-state index in [4.69, 9.17) is 11.6 Å². The molecule has 2 aromatic rings. The molecular formula is C20H23ClN2OS. The minimum atomic E-state index is -0.0375. The molecule has 0 N–H and O–H groups in total. The summed E-state index contributed by atoms with van der Waals surface area (Å²) in [7, 11) is 0. The molecular weight excluding hydrogens is 352 g/mol. The zero-order valence-electron chi connectivity index (χ0n) is 14.4. The molecule has 0 aromatic heterocycles. The van der Waals surface area contributed by atoms with E-state index in [1.165, 1.54) is 5.69 Å². The molecule has 1 fully saturated rings. The molecule has 1 saturated heterocycles. The molecule has 5 heteroatoms. The van der Waals surface area contributed by atoms with Gasteiger partial charge in [0.2, 0.25) is 5.91 Å². The van der Waals surface area contributed by atoms with Gasteiger partial charge in [-0.15, -0.1) is 11.8 Å². The SMILES string of the molecule is CC[C@H](Sc1ccc(Cl)cc1)C(=O)N1CCN(c2ccccc2)CC1. The van der Waals surface area contributed by atoms with Crippen LogP contribution >= 0.6 is 23.4 Å². The van der Waals surface area contributed by atoms with Crippen LogP contribution in [0, 0.1) is 0 Å². The molecule has 132 valence electrons. The van der Waals surface area contributed by atoms with E-state index >= 15 is 0 Å². The van der Waals surface area contributed by atoms with Crippen molar-refractivity contribution in [3.63, 3.8) is 0 Å². The van der Waals surface area contributed by atoms with Crippen molar-refractivity contribution in [1.82, 2.24) is 4.90 Å². The molecule has 0 unspecified atom stereocenters. The van der Waals surface area contributed by atoms with Gasteiger partial charge in [-0.1, -0.05) is 36.7 Å². The lowest BCUT2D eigenvalue weighted by atomic mass is 10.2. The minimum Gasteiger partial charge on any atom is -0.368 e. The van der Waals surface area contributed by atoms with E-state index in [-0.39, 0.29) is 11.2 Å². The Balaban J connectivity index is 1.57. The third-order valence-electron chi connectivity index (χ3n) is 4.45. The number of rotatable bonds is 5. The van der Waals surface area contributed by atoms with Gasteiger partial charge in [0, 0.05) is 41.8 Å². The summed E-state index contributed by atoms with van der Waals surface area (Å²) >= 11 is 7.57. The number of nitrogens with zero attached hydrogens (tertiary/aromatic N) is 2. The van der Waals surface area contributed by atoms with Gasteiger partial charge in [-0.3, -0.25) is 4.79 Å². The van der Waals surface area contributed by atoms with Crippen LogP contribution in [0.2, 0.25) is 5.02 Å². The van der Waals surface area contributed by atoms with Crippen molar-refractivity contribution in [3.05, 3.63) is 59.6 Å². The quantitative estimate of drug-likeness (QED) is 0.717. The van der Waals surface area contributed by atoms with Crippen LogP contribution in [0.5, 0.6) is 0 Å². The van der Waals surface area contributed by atoms with E-state index < -0.39 is 0 Å². The van der Waals surface area contributed by atoms with E-state index in [0.717, 1.165) is 42.5 Å². The number of amides is 1. The van der Waals surface area contributed by atoms with Gasteiger partial charge in [-0.05, 0) is 42.8 Å². The normalized spacial score (nSPS) is 15.9. The Morgan fingerprint density at radius 3 is 2.28 bits per heavy atom. The lowest BCUT2D eigenvalue weighted by Crippen LogP contribution is -2.51. The standard InChI is InChI=1S/C20H23ClN2OS/c1-2-19(25-18-10-8-16(21)9-11-18)20(24)23-14-12-22(13-15-23)17-6-4-3-5-7-17/h3-11,19H,2,12-15H2,1H3/t19-/m0/s1. The fourth-order valence-corrected chi connectivity index (χ4v) is 4.18. The van der Waals surface area contributed by atoms with E-state index in [2.05, 4.69) is 36.1 Å². The van der Waals surface area contributed by atoms with E-state index in [1.54, 1.807) is 11.8 Å². The van der Waals surface area contributed by atoms with Crippen molar-refractivity contribution in [3.8, 4) is 0 Å². The van der Waals surface area contributed by atoms with Crippen LogP contribution in [0.15, 0.2) is 59.5 Å². The minimum absolute atomic E-state index is 0.0375. The Labute approximate surface area is 159 Å². The Morgan fingerprint density at radius 2 is 1.68 bits per heavy atom. The first-order valence-corrected chi connectivity index (χ1v) is 9.94. The monoisotopic (exact) mass is 374 g/mol. The molecule has 1 aliphatic heterocycles. The molecule has 0 saturated carbocycles. The Hall–Kier alpha value is -1.65. The fourth-order valence-electron chi connectivity index (χ4n) is 3.01. The van der Waals surface area contributed by atoms with Crippen molar-refractivity contribution in [2.75, 3.05) is 31.1 Å². The third kappa shape index (κ3) is 4.71. The van der Waals surface area contributed by atoms with Gasteiger partial charge in [0.05, 0.1) is 5.25 Å². The van der Waals surface area contributed by atoms with Gasteiger partial charge in [0.15, 0.2) is 0 Å². The average Bonchev–Trinajstić information content (AvgIpc) is 2.68. The van der Waals surface area contributed by atoms with Crippen LogP contribution in [0.4, 0.5) is 5.69 Å². The van der Waals surface area contributed by atoms with E-state index in [9.17, 15) is 4.79 Å². The molecule has 0 spiro atoms. The highest BCUT2D eigenvalue weighted by Gasteiger charge is 2.27. The molecule has 3 nitrogen and oxygen atoms in total. The maximum atomic E-state index is 12.9. The van der Waals surface area contributed by atoms with Crippen LogP contribution in [0.25, 0.3) is 0 Å². The molecule has 0 bridgehead atoms. The zero-order valence-corrected chi connectivity index (χ0v) is 16.0. The summed E-state index contributed by atoms with van der Waals surface area (Å²) < 4.78 is 0. The van der Waals surface area contributed by atoms with Crippen LogP contribution < -0.4 is 4.90 Å². The number of thioether (sulfide) groups is 1. The Kier molecular flexibility index (Phi) is 6.27. The van der Waals surface area contributed by atoms with Gasteiger partial charge in [-0.25, -0.2) is 0 Å². The van der Waals surface area contributed by atoms with E-state index in [1.807, 2.05) is 35.2 Å². The van der Waals surface area contributed by atoms with Gasteiger partial charge in [0.1, 0.15) is 0 Å². The number of benzene rings is 2. The molecule has 3 rings (SSSR count). The van der Waals surface area contributed by atoms with Gasteiger partial charge in [-0.2, -0.15) is 0 Å². The maximum absolute atomic E-state index is 12.9. The van der Waals surface area contributed by atoms with Crippen LogP contribution in [-0.2, 0) is 4.79 Å². The lowest BCUT2D eigenvalue weighted by molar-refractivity contribution is -0.130. The molecule has 1 atom stereocenters. The average molecular weight is 375 g/mol. The first kappa shape index (κ1) is 18.2. The summed E-state index contributed by atoms with van der Waals surface area (Å²) in [6, 6.07) is 18.1.